The van der Waals surface area contributed by atoms with Crippen LogP contribution in [-0.2, 0) is 14.4 Å². The summed E-state index contributed by atoms with van der Waals surface area (Å²) in [5.41, 5.74) is 2.12. The summed E-state index contributed by atoms with van der Waals surface area (Å²) in [5, 5.41) is 2.74. The highest BCUT2D eigenvalue weighted by Gasteiger charge is 2.59. The van der Waals surface area contributed by atoms with Crippen LogP contribution in [0.3, 0.4) is 0 Å². The van der Waals surface area contributed by atoms with Crippen LogP contribution in [0.25, 0.3) is 0 Å². The van der Waals surface area contributed by atoms with Gasteiger partial charge in [0.25, 0.3) is 0 Å². The molecule has 2 bridgehead atoms. The van der Waals surface area contributed by atoms with E-state index in [4.69, 9.17) is 0 Å². The number of nitrogens with one attached hydrogen (secondary N) is 1. The molecule has 0 unspecified atom stereocenters. The fraction of sp³-hybridized carbons (Fsp3) is 0.389. The van der Waals surface area contributed by atoms with Crippen LogP contribution in [0.2, 0.25) is 0 Å². The molecule has 23 heavy (non-hydrogen) atoms. The van der Waals surface area contributed by atoms with Crippen molar-refractivity contribution in [2.45, 2.75) is 20.3 Å². The average molecular weight is 310 g/mol. The second-order valence-electron chi connectivity index (χ2n) is 6.69. The Morgan fingerprint density at radius 3 is 2.26 bits per heavy atom. The minimum absolute atomic E-state index is 0.0801. The molecule has 1 N–H and O–H groups in total. The van der Waals surface area contributed by atoms with Crippen LogP contribution in [0.4, 0.5) is 11.4 Å². The Hall–Kier alpha value is -2.43. The van der Waals surface area contributed by atoms with Crippen molar-refractivity contribution in [1.82, 2.24) is 0 Å². The maximum atomic E-state index is 12.8. The van der Waals surface area contributed by atoms with E-state index < -0.39 is 0 Å². The number of rotatable bonds is 2. The van der Waals surface area contributed by atoms with Gasteiger partial charge in [0.05, 0.1) is 17.5 Å². The van der Waals surface area contributed by atoms with Crippen LogP contribution in [-0.4, -0.2) is 17.7 Å². The Kier molecular flexibility index (Phi) is 2.95. The molecular formula is C18H18N2O3. The number of imide groups is 1. The molecule has 3 aliphatic rings. The van der Waals surface area contributed by atoms with Crippen molar-refractivity contribution in [2.75, 3.05) is 10.2 Å². The van der Waals surface area contributed by atoms with Crippen molar-refractivity contribution in [3.8, 4) is 0 Å². The Morgan fingerprint density at radius 1 is 1.13 bits per heavy atom. The lowest BCUT2D eigenvalue weighted by Crippen LogP contribution is -2.32. The van der Waals surface area contributed by atoms with Gasteiger partial charge in [0.15, 0.2) is 0 Å². The normalized spacial score (nSPS) is 31.0. The lowest BCUT2D eigenvalue weighted by molar-refractivity contribution is -0.123. The Balaban J connectivity index is 1.67. The third-order valence-corrected chi connectivity index (χ3v) is 5.25. The van der Waals surface area contributed by atoms with E-state index in [0.717, 1.165) is 12.0 Å². The monoisotopic (exact) mass is 310 g/mol. The first-order chi connectivity index (χ1) is 11.0. The fourth-order valence-corrected chi connectivity index (χ4v) is 4.27. The number of benzene rings is 1. The van der Waals surface area contributed by atoms with Crippen molar-refractivity contribution >= 4 is 29.1 Å². The number of aryl methyl sites for hydroxylation is 1. The van der Waals surface area contributed by atoms with Crippen molar-refractivity contribution in [3.05, 3.63) is 35.9 Å². The van der Waals surface area contributed by atoms with Crippen LogP contribution >= 0.6 is 0 Å². The summed E-state index contributed by atoms with van der Waals surface area (Å²) in [6, 6.07) is 5.26. The van der Waals surface area contributed by atoms with E-state index in [9.17, 15) is 14.4 Å². The minimum atomic E-state index is -0.187. The molecular weight excluding hydrogens is 292 g/mol. The van der Waals surface area contributed by atoms with Crippen LogP contribution < -0.4 is 10.2 Å². The lowest BCUT2D eigenvalue weighted by atomic mass is 9.85. The van der Waals surface area contributed by atoms with Crippen LogP contribution in [0, 0.1) is 30.6 Å². The average Bonchev–Trinajstić information content (AvgIpc) is 3.15. The molecule has 1 aromatic carbocycles. The summed E-state index contributed by atoms with van der Waals surface area (Å²) in [5.74, 6) is -0.253. The van der Waals surface area contributed by atoms with Gasteiger partial charge >= 0.3 is 0 Å². The number of nitrogens with zero attached hydrogens (tertiary/aromatic N) is 1. The van der Waals surface area contributed by atoms with Gasteiger partial charge in [-0.15, -0.1) is 0 Å². The number of amides is 3. The Morgan fingerprint density at radius 2 is 1.74 bits per heavy atom. The highest BCUT2D eigenvalue weighted by molar-refractivity contribution is 6.22. The fourth-order valence-electron chi connectivity index (χ4n) is 4.27. The molecule has 3 amide bonds. The highest BCUT2D eigenvalue weighted by atomic mass is 16.2. The molecule has 1 saturated heterocycles. The van der Waals surface area contributed by atoms with Gasteiger partial charge < -0.3 is 5.32 Å². The zero-order valence-corrected chi connectivity index (χ0v) is 13.1. The molecule has 2 fully saturated rings. The first-order valence-electron chi connectivity index (χ1n) is 7.92. The molecule has 5 nitrogen and oxygen atoms in total. The molecule has 0 radical (unpaired) electrons. The van der Waals surface area contributed by atoms with E-state index in [2.05, 4.69) is 17.5 Å². The van der Waals surface area contributed by atoms with E-state index >= 15 is 0 Å². The second kappa shape index (κ2) is 4.78. The molecule has 118 valence electrons. The van der Waals surface area contributed by atoms with Gasteiger partial charge in [0.2, 0.25) is 17.7 Å². The van der Waals surface area contributed by atoms with E-state index in [-0.39, 0.29) is 41.4 Å². The Labute approximate surface area is 134 Å². The van der Waals surface area contributed by atoms with Gasteiger partial charge in [-0.1, -0.05) is 12.2 Å². The van der Waals surface area contributed by atoms with Gasteiger partial charge in [-0.05, 0) is 48.9 Å². The molecule has 1 saturated carbocycles. The molecule has 0 spiro atoms. The van der Waals surface area contributed by atoms with Crippen molar-refractivity contribution < 1.29 is 14.4 Å². The summed E-state index contributed by atoms with van der Waals surface area (Å²) in [7, 11) is 0. The number of allylic oxidation sites excluding steroid dienone is 2. The van der Waals surface area contributed by atoms with E-state index in [1.807, 2.05) is 6.92 Å². The lowest BCUT2D eigenvalue weighted by Gasteiger charge is -2.19. The summed E-state index contributed by atoms with van der Waals surface area (Å²) in [6.45, 7) is 3.30. The summed E-state index contributed by atoms with van der Waals surface area (Å²) in [4.78, 5) is 38.1. The highest BCUT2D eigenvalue weighted by Crippen LogP contribution is 2.53. The third-order valence-electron chi connectivity index (χ3n) is 5.25. The van der Waals surface area contributed by atoms with Crippen LogP contribution in [0.15, 0.2) is 30.4 Å². The third kappa shape index (κ3) is 1.96. The van der Waals surface area contributed by atoms with Crippen molar-refractivity contribution in [3.63, 3.8) is 0 Å². The number of carbonyl (C=O) groups is 3. The topological polar surface area (TPSA) is 66.5 Å². The molecule has 0 aromatic heterocycles. The summed E-state index contributed by atoms with van der Waals surface area (Å²) < 4.78 is 0. The largest absolute Gasteiger partial charge is 0.326 e. The van der Waals surface area contributed by atoms with Gasteiger partial charge in [0.1, 0.15) is 0 Å². The first-order valence-corrected chi connectivity index (χ1v) is 7.92. The molecule has 2 aliphatic carbocycles. The first kappa shape index (κ1) is 14.2. The smallest absolute Gasteiger partial charge is 0.238 e. The molecule has 1 heterocycles. The SMILES string of the molecule is CC(=O)Nc1ccc(N2C(=O)[C@H]3[C@H](C2=O)[C@H]2C=C[C@H]3C2)cc1C. The van der Waals surface area contributed by atoms with E-state index in [1.165, 1.54) is 11.8 Å². The van der Waals surface area contributed by atoms with Crippen molar-refractivity contribution in [1.29, 1.82) is 0 Å². The second-order valence-corrected chi connectivity index (χ2v) is 6.69. The molecule has 1 aliphatic heterocycles. The molecule has 1 aromatic rings. The van der Waals surface area contributed by atoms with Gasteiger partial charge in [-0.2, -0.15) is 0 Å². The molecule has 5 heteroatoms. The predicted octanol–water partition coefficient (Wildman–Crippen LogP) is 2.26. The summed E-state index contributed by atoms with van der Waals surface area (Å²) in [6.07, 6.45) is 5.11. The number of hydrogen-bond donors (Lipinski definition) is 1. The maximum Gasteiger partial charge on any atom is 0.238 e. The van der Waals surface area contributed by atoms with Crippen LogP contribution in [0.5, 0.6) is 0 Å². The number of anilines is 2. The number of fused-ring (bicyclic) bond motifs is 5. The number of hydrogen-bond acceptors (Lipinski definition) is 3. The quantitative estimate of drug-likeness (QED) is 0.673. The van der Waals surface area contributed by atoms with Crippen molar-refractivity contribution in [2.24, 2.45) is 23.7 Å². The number of carbonyl (C=O) groups excluding carboxylic acids is 3. The zero-order chi connectivity index (χ0) is 16.3. The minimum Gasteiger partial charge on any atom is -0.326 e. The Bertz CT molecular complexity index is 738. The maximum absolute atomic E-state index is 12.8. The standard InChI is InChI=1S/C18H18N2O3/c1-9-7-13(5-6-14(9)19-10(2)21)20-17(22)15-11-3-4-12(8-11)16(15)18(20)23/h3-7,11-12,15-16H,8H2,1-2H3,(H,19,21)/t11-,12-,15+,16+/m0/s1. The zero-order valence-electron chi connectivity index (χ0n) is 13.1. The molecule has 4 rings (SSSR count). The van der Waals surface area contributed by atoms with E-state index in [0.29, 0.717) is 11.4 Å². The van der Waals surface area contributed by atoms with Gasteiger partial charge in [-0.25, -0.2) is 0 Å². The predicted molar refractivity (Wildman–Crippen MR) is 85.7 cm³/mol. The van der Waals surface area contributed by atoms with Gasteiger partial charge in [0, 0.05) is 12.6 Å². The van der Waals surface area contributed by atoms with Gasteiger partial charge in [-0.3, -0.25) is 19.3 Å². The van der Waals surface area contributed by atoms with Crippen LogP contribution in [0.1, 0.15) is 18.9 Å². The molecule has 4 atom stereocenters. The summed E-state index contributed by atoms with van der Waals surface area (Å²) >= 11 is 0. The van der Waals surface area contributed by atoms with E-state index in [1.54, 1.807) is 18.2 Å².